The Labute approximate surface area is 98.3 Å². The first-order chi connectivity index (χ1) is 7.74. The van der Waals surface area contributed by atoms with Gasteiger partial charge in [0, 0.05) is 6.04 Å². The molecule has 0 fully saturated rings. The van der Waals surface area contributed by atoms with Gasteiger partial charge in [0.1, 0.15) is 10.7 Å². The highest BCUT2D eigenvalue weighted by Crippen LogP contribution is 2.16. The molecule has 94 valence electrons. The van der Waals surface area contributed by atoms with Gasteiger partial charge in [-0.3, -0.25) is 0 Å². The summed E-state index contributed by atoms with van der Waals surface area (Å²) in [5.74, 6) is -2.30. The van der Waals surface area contributed by atoms with Crippen LogP contribution in [0.2, 0.25) is 0 Å². The molecule has 0 atom stereocenters. The van der Waals surface area contributed by atoms with Crippen molar-refractivity contribution < 1.29 is 22.7 Å². The molecule has 5 nitrogen and oxygen atoms in total. The first kappa shape index (κ1) is 13.6. The zero-order valence-corrected chi connectivity index (χ0v) is 10.1. The molecule has 0 saturated heterocycles. The maximum Gasteiger partial charge on any atom is 0.335 e. The summed E-state index contributed by atoms with van der Waals surface area (Å²) in [6, 6.07) is 2.21. The van der Waals surface area contributed by atoms with Crippen molar-refractivity contribution in [1.29, 1.82) is 0 Å². The fourth-order valence-electron chi connectivity index (χ4n) is 1.22. The maximum absolute atomic E-state index is 13.4. The minimum absolute atomic E-state index is 0.282. The molecule has 0 saturated carbocycles. The third-order valence-electron chi connectivity index (χ3n) is 1.86. The molecule has 0 spiro atoms. The molecular weight excluding hydrogens is 249 g/mol. The third-order valence-corrected chi connectivity index (χ3v) is 3.53. The zero-order valence-electron chi connectivity index (χ0n) is 9.27. The minimum atomic E-state index is -4.03. The monoisotopic (exact) mass is 261 g/mol. The quantitative estimate of drug-likeness (QED) is 0.853. The van der Waals surface area contributed by atoms with Gasteiger partial charge in [0.15, 0.2) is 0 Å². The van der Waals surface area contributed by atoms with E-state index in [0.29, 0.717) is 0 Å². The van der Waals surface area contributed by atoms with Crippen LogP contribution in [0.5, 0.6) is 0 Å². The summed E-state index contributed by atoms with van der Waals surface area (Å²) in [6.45, 7) is 3.16. The molecule has 0 aliphatic rings. The van der Waals surface area contributed by atoms with Crippen LogP contribution in [-0.4, -0.2) is 25.5 Å². The average Bonchev–Trinajstić information content (AvgIpc) is 2.15. The van der Waals surface area contributed by atoms with Gasteiger partial charge in [0.05, 0.1) is 5.56 Å². The second kappa shape index (κ2) is 4.80. The molecule has 0 amide bonds. The van der Waals surface area contributed by atoms with E-state index in [2.05, 4.69) is 4.72 Å². The lowest BCUT2D eigenvalue weighted by Crippen LogP contribution is -2.31. The van der Waals surface area contributed by atoms with Crippen molar-refractivity contribution in [3.05, 3.63) is 29.6 Å². The van der Waals surface area contributed by atoms with E-state index in [-0.39, 0.29) is 5.56 Å². The van der Waals surface area contributed by atoms with Crippen molar-refractivity contribution in [2.45, 2.75) is 24.8 Å². The molecule has 2 N–H and O–H groups in total. The summed E-state index contributed by atoms with van der Waals surface area (Å²) in [4.78, 5) is 10.0. The first-order valence-corrected chi connectivity index (χ1v) is 6.27. The smallest absolute Gasteiger partial charge is 0.335 e. The fourth-order valence-corrected chi connectivity index (χ4v) is 2.57. The summed E-state index contributed by atoms with van der Waals surface area (Å²) in [5, 5.41) is 8.71. The highest BCUT2D eigenvalue weighted by Gasteiger charge is 2.21. The molecule has 1 rings (SSSR count). The van der Waals surface area contributed by atoms with Crippen LogP contribution in [0.15, 0.2) is 23.1 Å². The van der Waals surface area contributed by atoms with Crippen molar-refractivity contribution in [2.75, 3.05) is 0 Å². The Bertz CT molecular complexity index is 539. The van der Waals surface area contributed by atoms with Crippen LogP contribution in [0.25, 0.3) is 0 Å². The minimum Gasteiger partial charge on any atom is -0.478 e. The second-order valence-electron chi connectivity index (χ2n) is 3.73. The molecule has 0 aromatic heterocycles. The van der Waals surface area contributed by atoms with Crippen LogP contribution in [-0.2, 0) is 10.0 Å². The van der Waals surface area contributed by atoms with Crippen LogP contribution in [0.3, 0.4) is 0 Å². The van der Waals surface area contributed by atoms with Crippen LogP contribution >= 0.6 is 0 Å². The predicted octanol–water partition coefficient (Wildman–Crippen LogP) is 1.21. The molecular formula is C10H12FNO4S. The number of carbonyl (C=O) groups is 1. The SMILES string of the molecule is CC(C)NS(=O)(=O)c1cc(C(=O)O)ccc1F. The van der Waals surface area contributed by atoms with Gasteiger partial charge in [-0.2, -0.15) is 0 Å². The number of halogens is 1. The Kier molecular flexibility index (Phi) is 3.84. The highest BCUT2D eigenvalue weighted by molar-refractivity contribution is 7.89. The number of sulfonamides is 1. The molecule has 0 aliphatic carbocycles. The number of carboxylic acid groups (broad SMARTS) is 1. The number of benzene rings is 1. The van der Waals surface area contributed by atoms with Crippen LogP contribution < -0.4 is 4.72 Å². The number of rotatable bonds is 4. The molecule has 7 heteroatoms. The van der Waals surface area contributed by atoms with Gasteiger partial charge < -0.3 is 5.11 Å². The topological polar surface area (TPSA) is 83.5 Å². The van der Waals surface area contributed by atoms with E-state index in [0.717, 1.165) is 18.2 Å². The van der Waals surface area contributed by atoms with Crippen molar-refractivity contribution in [3.8, 4) is 0 Å². The molecule has 0 unspecified atom stereocenters. The highest BCUT2D eigenvalue weighted by atomic mass is 32.2. The van der Waals surface area contributed by atoms with Crippen molar-refractivity contribution in [1.82, 2.24) is 4.72 Å². The molecule has 1 aromatic rings. The van der Waals surface area contributed by atoms with Crippen molar-refractivity contribution in [2.24, 2.45) is 0 Å². The number of hydrogen-bond acceptors (Lipinski definition) is 3. The van der Waals surface area contributed by atoms with E-state index in [1.807, 2.05) is 0 Å². The molecule has 0 bridgehead atoms. The predicted molar refractivity (Wildman–Crippen MR) is 58.8 cm³/mol. The van der Waals surface area contributed by atoms with Gasteiger partial charge in [0.25, 0.3) is 0 Å². The lowest BCUT2D eigenvalue weighted by Gasteiger charge is -2.10. The summed E-state index contributed by atoms with van der Waals surface area (Å²) in [5.41, 5.74) is -0.282. The van der Waals surface area contributed by atoms with E-state index in [1.165, 1.54) is 0 Å². The summed E-state index contributed by atoms with van der Waals surface area (Å²) in [6.07, 6.45) is 0. The molecule has 0 heterocycles. The lowest BCUT2D eigenvalue weighted by atomic mass is 10.2. The Morgan fingerprint density at radius 1 is 1.41 bits per heavy atom. The fraction of sp³-hybridized carbons (Fsp3) is 0.300. The van der Waals surface area contributed by atoms with Gasteiger partial charge in [-0.25, -0.2) is 22.3 Å². The Morgan fingerprint density at radius 3 is 2.47 bits per heavy atom. The number of hydrogen-bond donors (Lipinski definition) is 2. The van der Waals surface area contributed by atoms with E-state index >= 15 is 0 Å². The van der Waals surface area contributed by atoms with Gasteiger partial charge in [-0.1, -0.05) is 0 Å². The third kappa shape index (κ3) is 3.24. The number of carboxylic acids is 1. The van der Waals surface area contributed by atoms with Gasteiger partial charge in [-0.15, -0.1) is 0 Å². The van der Waals surface area contributed by atoms with E-state index in [9.17, 15) is 17.6 Å². The van der Waals surface area contributed by atoms with Gasteiger partial charge in [-0.05, 0) is 32.0 Å². The van der Waals surface area contributed by atoms with E-state index < -0.39 is 32.7 Å². The molecule has 17 heavy (non-hydrogen) atoms. The summed E-state index contributed by atoms with van der Waals surface area (Å²) >= 11 is 0. The maximum atomic E-state index is 13.4. The molecule has 0 radical (unpaired) electrons. The summed E-state index contributed by atoms with van der Waals surface area (Å²) in [7, 11) is -4.03. The van der Waals surface area contributed by atoms with Gasteiger partial charge in [0.2, 0.25) is 10.0 Å². The zero-order chi connectivity index (χ0) is 13.2. The standard InChI is InChI=1S/C10H12FNO4S/c1-6(2)12-17(15,16)9-5-7(10(13)14)3-4-8(9)11/h3-6,12H,1-2H3,(H,13,14). The van der Waals surface area contributed by atoms with Crippen LogP contribution in [0.4, 0.5) is 4.39 Å². The number of aromatic carboxylic acids is 1. The van der Waals surface area contributed by atoms with Crippen LogP contribution in [0, 0.1) is 5.82 Å². The second-order valence-corrected chi connectivity index (χ2v) is 5.41. The normalized spacial score (nSPS) is 11.8. The van der Waals surface area contributed by atoms with E-state index in [1.54, 1.807) is 13.8 Å². The largest absolute Gasteiger partial charge is 0.478 e. The average molecular weight is 261 g/mol. The Morgan fingerprint density at radius 2 is 2.00 bits per heavy atom. The van der Waals surface area contributed by atoms with Crippen molar-refractivity contribution in [3.63, 3.8) is 0 Å². The first-order valence-electron chi connectivity index (χ1n) is 4.79. The Hall–Kier alpha value is -1.47. The molecule has 0 aliphatic heterocycles. The number of nitrogens with one attached hydrogen (secondary N) is 1. The van der Waals surface area contributed by atoms with Crippen LogP contribution in [0.1, 0.15) is 24.2 Å². The lowest BCUT2D eigenvalue weighted by molar-refractivity contribution is 0.0696. The Balaban J connectivity index is 3.30. The van der Waals surface area contributed by atoms with Gasteiger partial charge >= 0.3 is 5.97 Å². The molecule has 1 aromatic carbocycles. The van der Waals surface area contributed by atoms with Crippen molar-refractivity contribution >= 4 is 16.0 Å². The van der Waals surface area contributed by atoms with E-state index in [4.69, 9.17) is 5.11 Å². The summed E-state index contributed by atoms with van der Waals surface area (Å²) < 4.78 is 38.9.